The van der Waals surface area contributed by atoms with Crippen molar-refractivity contribution in [2.24, 2.45) is 0 Å². The zero-order chi connectivity index (χ0) is 12.5. The maximum absolute atomic E-state index is 9.64. The highest BCUT2D eigenvalue weighted by molar-refractivity contribution is 5.45. The van der Waals surface area contributed by atoms with Crippen LogP contribution < -0.4 is 4.74 Å². The fourth-order valence-corrected chi connectivity index (χ4v) is 2.21. The summed E-state index contributed by atoms with van der Waals surface area (Å²) in [6.45, 7) is 3.99. The van der Waals surface area contributed by atoms with E-state index in [1.54, 1.807) is 13.2 Å². The van der Waals surface area contributed by atoms with Crippen LogP contribution in [0.5, 0.6) is 5.75 Å². The number of likely N-dealkylation sites (tertiary alicyclic amines) is 1. The van der Waals surface area contributed by atoms with E-state index < -0.39 is 5.60 Å². The maximum atomic E-state index is 9.64. The Morgan fingerprint density at radius 3 is 2.76 bits per heavy atom. The van der Waals surface area contributed by atoms with Gasteiger partial charge in [-0.2, -0.15) is 5.26 Å². The molecule has 0 unspecified atom stereocenters. The number of nitrogens with zero attached hydrogens (tertiary/aromatic N) is 2. The molecular weight excluding hydrogens is 216 g/mol. The minimum atomic E-state index is -0.545. The minimum absolute atomic E-state index is 0.545. The Morgan fingerprint density at radius 2 is 2.24 bits per heavy atom. The second-order valence-electron chi connectivity index (χ2n) is 4.79. The molecule has 4 nitrogen and oxygen atoms in total. The number of ether oxygens (including phenoxy) is 1. The average molecular weight is 232 g/mol. The van der Waals surface area contributed by atoms with Gasteiger partial charge in [-0.1, -0.05) is 6.07 Å². The second-order valence-corrected chi connectivity index (χ2v) is 4.79. The van der Waals surface area contributed by atoms with E-state index in [0.29, 0.717) is 24.4 Å². The average Bonchev–Trinajstić information content (AvgIpc) is 2.26. The molecule has 2 rings (SSSR count). The fraction of sp³-hybridized carbons (Fsp3) is 0.462. The molecule has 1 aliphatic rings. The van der Waals surface area contributed by atoms with Crippen LogP contribution in [0.2, 0.25) is 0 Å². The van der Waals surface area contributed by atoms with Gasteiger partial charge < -0.3 is 9.84 Å². The van der Waals surface area contributed by atoms with Gasteiger partial charge in [0, 0.05) is 19.6 Å². The molecule has 0 spiro atoms. The molecule has 4 heteroatoms. The number of rotatable bonds is 3. The van der Waals surface area contributed by atoms with Crippen molar-refractivity contribution in [3.05, 3.63) is 29.3 Å². The zero-order valence-electron chi connectivity index (χ0n) is 10.1. The standard InChI is InChI=1S/C13H16N2O2/c1-13(16)8-15(9-13)7-10-3-4-11(6-14)12(5-10)17-2/h3-5,16H,7-9H2,1-2H3. The van der Waals surface area contributed by atoms with E-state index in [0.717, 1.165) is 12.1 Å². The summed E-state index contributed by atoms with van der Waals surface area (Å²) < 4.78 is 5.16. The highest BCUT2D eigenvalue weighted by atomic mass is 16.5. The second kappa shape index (κ2) is 4.36. The van der Waals surface area contributed by atoms with Crippen LogP contribution >= 0.6 is 0 Å². The van der Waals surface area contributed by atoms with Gasteiger partial charge in [0.25, 0.3) is 0 Å². The molecule has 0 aliphatic carbocycles. The van der Waals surface area contributed by atoms with Crippen molar-refractivity contribution in [1.29, 1.82) is 5.26 Å². The molecule has 0 saturated carbocycles. The Hall–Kier alpha value is -1.57. The molecule has 0 radical (unpaired) electrons. The molecule has 1 aromatic rings. The van der Waals surface area contributed by atoms with Crippen LogP contribution in [0.3, 0.4) is 0 Å². The van der Waals surface area contributed by atoms with E-state index in [1.807, 2.05) is 19.1 Å². The summed E-state index contributed by atoms with van der Waals surface area (Å²) in [6, 6.07) is 7.66. The Labute approximate surface area is 101 Å². The molecule has 1 heterocycles. The normalized spacial score (nSPS) is 18.2. The van der Waals surface area contributed by atoms with Crippen molar-refractivity contribution < 1.29 is 9.84 Å². The molecule has 1 fully saturated rings. The van der Waals surface area contributed by atoms with Crippen LogP contribution in [0, 0.1) is 11.3 Å². The number of hydrogen-bond donors (Lipinski definition) is 1. The molecule has 1 aliphatic heterocycles. The van der Waals surface area contributed by atoms with Crippen LogP contribution in [0.25, 0.3) is 0 Å². The summed E-state index contributed by atoms with van der Waals surface area (Å²) in [5, 5.41) is 18.5. The van der Waals surface area contributed by atoms with Crippen LogP contribution in [-0.4, -0.2) is 35.8 Å². The zero-order valence-corrected chi connectivity index (χ0v) is 10.1. The van der Waals surface area contributed by atoms with Crippen molar-refractivity contribution >= 4 is 0 Å². The number of β-amino-alcohol motifs (C(OH)–C–C–N with tert-alkyl or cyclic N) is 1. The maximum Gasteiger partial charge on any atom is 0.136 e. The van der Waals surface area contributed by atoms with Crippen molar-refractivity contribution in [2.45, 2.75) is 19.1 Å². The first-order valence-electron chi connectivity index (χ1n) is 5.56. The fourth-order valence-electron chi connectivity index (χ4n) is 2.21. The Balaban J connectivity index is 2.06. The predicted octanol–water partition coefficient (Wildman–Crippen LogP) is 1.13. The number of hydrogen-bond acceptors (Lipinski definition) is 4. The van der Waals surface area contributed by atoms with Gasteiger partial charge >= 0.3 is 0 Å². The predicted molar refractivity (Wildman–Crippen MR) is 63.6 cm³/mol. The van der Waals surface area contributed by atoms with Crippen LogP contribution in [-0.2, 0) is 6.54 Å². The van der Waals surface area contributed by atoms with Crippen molar-refractivity contribution in [1.82, 2.24) is 4.90 Å². The summed E-state index contributed by atoms with van der Waals surface area (Å²) in [6.07, 6.45) is 0. The van der Waals surface area contributed by atoms with E-state index >= 15 is 0 Å². The lowest BCUT2D eigenvalue weighted by molar-refractivity contribution is -0.0871. The topological polar surface area (TPSA) is 56.5 Å². The Bertz CT molecular complexity index is 455. The molecule has 1 aromatic carbocycles. The molecule has 0 amide bonds. The van der Waals surface area contributed by atoms with Crippen molar-refractivity contribution in [3.8, 4) is 11.8 Å². The van der Waals surface area contributed by atoms with Gasteiger partial charge in [-0.15, -0.1) is 0 Å². The van der Waals surface area contributed by atoms with Gasteiger partial charge in [0.2, 0.25) is 0 Å². The lowest BCUT2D eigenvalue weighted by atomic mass is 9.96. The monoisotopic (exact) mass is 232 g/mol. The van der Waals surface area contributed by atoms with Gasteiger partial charge in [-0.25, -0.2) is 0 Å². The largest absolute Gasteiger partial charge is 0.495 e. The van der Waals surface area contributed by atoms with Gasteiger partial charge in [0.05, 0.1) is 18.3 Å². The Morgan fingerprint density at radius 1 is 1.53 bits per heavy atom. The van der Waals surface area contributed by atoms with Crippen LogP contribution in [0.4, 0.5) is 0 Å². The highest BCUT2D eigenvalue weighted by Crippen LogP contribution is 2.25. The summed E-state index contributed by atoms with van der Waals surface area (Å²) in [7, 11) is 1.56. The molecule has 0 bridgehead atoms. The quantitative estimate of drug-likeness (QED) is 0.849. The molecule has 1 saturated heterocycles. The Kier molecular flexibility index (Phi) is 3.05. The van der Waals surface area contributed by atoms with E-state index in [2.05, 4.69) is 11.0 Å². The lowest BCUT2D eigenvalue weighted by Crippen LogP contribution is -2.59. The molecular formula is C13H16N2O2. The number of methoxy groups -OCH3 is 1. The molecule has 0 aromatic heterocycles. The minimum Gasteiger partial charge on any atom is -0.495 e. The molecule has 1 N–H and O–H groups in total. The number of aliphatic hydroxyl groups is 1. The van der Waals surface area contributed by atoms with Crippen molar-refractivity contribution in [3.63, 3.8) is 0 Å². The molecule has 17 heavy (non-hydrogen) atoms. The summed E-state index contributed by atoms with van der Waals surface area (Å²) in [4.78, 5) is 2.15. The van der Waals surface area contributed by atoms with E-state index in [-0.39, 0.29) is 0 Å². The van der Waals surface area contributed by atoms with Crippen LogP contribution in [0.15, 0.2) is 18.2 Å². The van der Waals surface area contributed by atoms with E-state index in [1.165, 1.54) is 0 Å². The first-order chi connectivity index (χ1) is 8.04. The van der Waals surface area contributed by atoms with Crippen molar-refractivity contribution in [2.75, 3.05) is 20.2 Å². The summed E-state index contributed by atoms with van der Waals surface area (Å²) >= 11 is 0. The number of benzene rings is 1. The van der Waals surface area contributed by atoms with Gasteiger partial charge in [0.15, 0.2) is 0 Å². The third-order valence-corrected chi connectivity index (χ3v) is 2.92. The van der Waals surface area contributed by atoms with Crippen LogP contribution in [0.1, 0.15) is 18.1 Å². The number of nitriles is 1. The smallest absolute Gasteiger partial charge is 0.136 e. The van der Waals surface area contributed by atoms with Gasteiger partial charge in [0.1, 0.15) is 11.8 Å². The van der Waals surface area contributed by atoms with Gasteiger partial charge in [-0.3, -0.25) is 4.90 Å². The first-order valence-corrected chi connectivity index (χ1v) is 5.56. The van der Waals surface area contributed by atoms with Gasteiger partial charge in [-0.05, 0) is 24.6 Å². The molecule has 90 valence electrons. The first kappa shape index (κ1) is 11.9. The highest BCUT2D eigenvalue weighted by Gasteiger charge is 2.36. The third-order valence-electron chi connectivity index (χ3n) is 2.92. The lowest BCUT2D eigenvalue weighted by Gasteiger charge is -2.44. The summed E-state index contributed by atoms with van der Waals surface area (Å²) in [5.41, 5.74) is 1.10. The third kappa shape index (κ3) is 2.57. The van der Waals surface area contributed by atoms with E-state index in [4.69, 9.17) is 10.00 Å². The molecule has 0 atom stereocenters. The SMILES string of the molecule is COc1cc(CN2CC(C)(O)C2)ccc1C#N. The summed E-state index contributed by atoms with van der Waals surface area (Å²) in [5.74, 6) is 0.609. The van der Waals surface area contributed by atoms with E-state index in [9.17, 15) is 5.11 Å².